The van der Waals surface area contributed by atoms with Gasteiger partial charge in [-0.2, -0.15) is 0 Å². The Morgan fingerprint density at radius 2 is 2.17 bits per heavy atom. The molecule has 7 heteroatoms. The molecule has 0 saturated carbocycles. The summed E-state index contributed by atoms with van der Waals surface area (Å²) in [6.45, 7) is 1.95. The van der Waals surface area contributed by atoms with Crippen molar-refractivity contribution in [3.05, 3.63) is 45.2 Å². The average Bonchev–Trinajstić information content (AvgIpc) is 2.72. The predicted octanol–water partition coefficient (Wildman–Crippen LogP) is 2.26. The average molecular weight is 265 g/mol. The third-order valence-electron chi connectivity index (χ3n) is 2.35. The Hall–Kier alpha value is -2.02. The van der Waals surface area contributed by atoms with E-state index in [4.69, 9.17) is 0 Å². The summed E-state index contributed by atoms with van der Waals surface area (Å²) >= 11 is 1.52. The summed E-state index contributed by atoms with van der Waals surface area (Å²) in [5, 5.41) is 10.2. The largest absolute Gasteiger partial charge is 0.314 e. The van der Waals surface area contributed by atoms with Gasteiger partial charge in [0.2, 0.25) is 0 Å². The smallest absolute Gasteiger partial charge is 0.294 e. The zero-order valence-electron chi connectivity index (χ0n) is 9.70. The van der Waals surface area contributed by atoms with E-state index in [1.54, 1.807) is 12.4 Å². The molecule has 0 spiro atoms. The summed E-state index contributed by atoms with van der Waals surface area (Å²) in [4.78, 5) is 23.8. The van der Waals surface area contributed by atoms with Crippen LogP contribution in [0.3, 0.4) is 0 Å². The van der Waals surface area contributed by atoms with Gasteiger partial charge in [-0.25, -0.2) is 4.98 Å². The van der Waals surface area contributed by atoms with Gasteiger partial charge in [-0.3, -0.25) is 4.98 Å². The summed E-state index contributed by atoms with van der Waals surface area (Å²) < 4.78 is 0. The van der Waals surface area contributed by atoms with Crippen LogP contribution in [0, 0.1) is 17.0 Å². The zero-order valence-corrected chi connectivity index (χ0v) is 10.5. The second-order valence-corrected chi connectivity index (χ2v) is 4.65. The Balaban J connectivity index is 2.10. The van der Waals surface area contributed by atoms with Crippen molar-refractivity contribution < 1.29 is 9.92 Å². The lowest BCUT2D eigenvalue weighted by Crippen LogP contribution is -2.04. The summed E-state index contributed by atoms with van der Waals surface area (Å²) in [6.07, 6.45) is 3.92. The van der Waals surface area contributed by atoms with Gasteiger partial charge in [0.05, 0.1) is 5.69 Å². The normalized spacial score (nSPS) is 10.3. The third-order valence-corrected chi connectivity index (χ3v) is 3.61. The van der Waals surface area contributed by atoms with Crippen molar-refractivity contribution in [2.75, 3.05) is 6.61 Å². The van der Waals surface area contributed by atoms with Crippen molar-refractivity contribution in [3.63, 3.8) is 0 Å². The molecule has 0 amide bonds. The highest BCUT2D eigenvalue weighted by molar-refractivity contribution is 7.15. The molecule has 2 heterocycles. The quantitative estimate of drug-likeness (QED) is 0.612. The first-order valence-corrected chi connectivity index (χ1v) is 6.12. The molecule has 18 heavy (non-hydrogen) atoms. The van der Waals surface area contributed by atoms with Crippen LogP contribution in [0.2, 0.25) is 0 Å². The fraction of sp³-hybridized carbons (Fsp3) is 0.273. The van der Waals surface area contributed by atoms with Gasteiger partial charge >= 0.3 is 0 Å². The van der Waals surface area contributed by atoms with Crippen molar-refractivity contribution in [1.82, 2.24) is 9.97 Å². The third kappa shape index (κ3) is 3.01. The Morgan fingerprint density at radius 3 is 2.83 bits per heavy atom. The Morgan fingerprint density at radius 1 is 1.44 bits per heavy atom. The fourth-order valence-electron chi connectivity index (χ4n) is 1.49. The van der Waals surface area contributed by atoms with Crippen LogP contribution >= 0.6 is 11.3 Å². The topological polar surface area (TPSA) is 78.2 Å². The fourth-order valence-corrected chi connectivity index (χ4v) is 2.54. The molecular weight excluding hydrogens is 254 g/mol. The number of aromatic nitrogens is 2. The van der Waals surface area contributed by atoms with Crippen LogP contribution in [-0.2, 0) is 11.3 Å². The Labute approximate surface area is 107 Å². The first kappa shape index (κ1) is 12.4. The maximum absolute atomic E-state index is 10.1. The second-order valence-electron chi connectivity index (χ2n) is 3.57. The molecule has 94 valence electrons. The lowest BCUT2D eigenvalue weighted by atomic mass is 10.3. The monoisotopic (exact) mass is 265 g/mol. The molecule has 2 aromatic heterocycles. The number of aryl methyl sites for hydroxylation is 1. The highest BCUT2D eigenvalue weighted by Gasteiger charge is 2.09. The zero-order chi connectivity index (χ0) is 13.0. The van der Waals surface area contributed by atoms with E-state index in [0.29, 0.717) is 6.42 Å². The minimum absolute atomic E-state index is 0.0613. The van der Waals surface area contributed by atoms with E-state index >= 15 is 0 Å². The van der Waals surface area contributed by atoms with Gasteiger partial charge in [-0.1, -0.05) is 0 Å². The van der Waals surface area contributed by atoms with E-state index in [1.165, 1.54) is 11.3 Å². The maximum Gasteiger partial charge on any atom is 0.294 e. The van der Waals surface area contributed by atoms with Gasteiger partial charge in [-0.15, -0.1) is 21.5 Å². The molecule has 0 N–H and O–H groups in total. The van der Waals surface area contributed by atoms with Crippen LogP contribution in [0.5, 0.6) is 0 Å². The van der Waals surface area contributed by atoms with Crippen LogP contribution in [0.4, 0.5) is 0 Å². The lowest BCUT2D eigenvalue weighted by Gasteiger charge is -1.96. The molecular formula is C11H11N3O3S. The van der Waals surface area contributed by atoms with Gasteiger partial charge in [0.1, 0.15) is 11.6 Å². The van der Waals surface area contributed by atoms with E-state index in [-0.39, 0.29) is 6.61 Å². The van der Waals surface area contributed by atoms with E-state index in [1.807, 2.05) is 19.1 Å². The summed E-state index contributed by atoms with van der Waals surface area (Å²) in [7, 11) is 0. The Kier molecular flexibility index (Phi) is 3.83. The van der Waals surface area contributed by atoms with Crippen molar-refractivity contribution in [1.29, 1.82) is 0 Å². The molecule has 6 nitrogen and oxygen atoms in total. The number of hydrogen-bond donors (Lipinski definition) is 0. The first-order valence-electron chi connectivity index (χ1n) is 5.31. The highest BCUT2D eigenvalue weighted by atomic mass is 32.1. The molecule has 0 bridgehead atoms. The van der Waals surface area contributed by atoms with Gasteiger partial charge in [0.15, 0.2) is 0 Å². The number of thiazole rings is 1. The molecule has 0 atom stereocenters. The summed E-state index contributed by atoms with van der Waals surface area (Å²) in [6, 6.07) is 3.77. The molecule has 0 saturated heterocycles. The summed E-state index contributed by atoms with van der Waals surface area (Å²) in [5.41, 5.74) is 1.89. The van der Waals surface area contributed by atoms with Crippen LogP contribution in [0.15, 0.2) is 24.5 Å². The number of nitrogens with zero attached hydrogens (tertiary/aromatic N) is 3. The SMILES string of the molecule is Cc1nc(-c2ccncc2)sc1CCO[N+](=O)[O-]. The van der Waals surface area contributed by atoms with Crippen molar-refractivity contribution in [2.45, 2.75) is 13.3 Å². The van der Waals surface area contributed by atoms with Crippen LogP contribution in [-0.4, -0.2) is 21.7 Å². The molecule has 0 aliphatic carbocycles. The minimum Gasteiger partial charge on any atom is -0.314 e. The number of rotatable bonds is 5. The van der Waals surface area contributed by atoms with Crippen molar-refractivity contribution in [2.24, 2.45) is 0 Å². The van der Waals surface area contributed by atoms with Crippen LogP contribution < -0.4 is 0 Å². The number of hydrogen-bond acceptors (Lipinski definition) is 6. The van der Waals surface area contributed by atoms with E-state index in [2.05, 4.69) is 14.8 Å². The van der Waals surface area contributed by atoms with E-state index in [0.717, 1.165) is 21.1 Å². The lowest BCUT2D eigenvalue weighted by molar-refractivity contribution is -0.757. The minimum atomic E-state index is -0.778. The molecule has 0 unspecified atom stereocenters. The van der Waals surface area contributed by atoms with Gasteiger partial charge in [-0.05, 0) is 19.1 Å². The highest BCUT2D eigenvalue weighted by Crippen LogP contribution is 2.27. The molecule has 0 aliphatic rings. The van der Waals surface area contributed by atoms with Gasteiger partial charge in [0, 0.05) is 29.3 Å². The molecule has 0 aromatic carbocycles. The second kappa shape index (κ2) is 5.54. The standard InChI is InChI=1S/C11H11N3O3S/c1-8-10(4-7-17-14(15)16)18-11(13-8)9-2-5-12-6-3-9/h2-3,5-6H,4,7H2,1H3. The van der Waals surface area contributed by atoms with Gasteiger partial charge in [0.25, 0.3) is 5.09 Å². The Bertz CT molecular complexity index is 542. The van der Waals surface area contributed by atoms with Crippen molar-refractivity contribution >= 4 is 11.3 Å². The molecule has 0 radical (unpaired) electrons. The molecule has 2 aromatic rings. The molecule has 0 aliphatic heterocycles. The van der Waals surface area contributed by atoms with E-state index < -0.39 is 5.09 Å². The van der Waals surface area contributed by atoms with Crippen molar-refractivity contribution in [3.8, 4) is 10.6 Å². The van der Waals surface area contributed by atoms with E-state index in [9.17, 15) is 10.1 Å². The van der Waals surface area contributed by atoms with Crippen LogP contribution in [0.25, 0.3) is 10.6 Å². The maximum atomic E-state index is 10.1. The molecule has 2 rings (SSSR count). The van der Waals surface area contributed by atoms with Gasteiger partial charge < -0.3 is 4.84 Å². The molecule has 0 fully saturated rings. The predicted molar refractivity (Wildman–Crippen MR) is 66.7 cm³/mol. The summed E-state index contributed by atoms with van der Waals surface area (Å²) in [5.74, 6) is 0. The first-order chi connectivity index (χ1) is 8.66. The van der Waals surface area contributed by atoms with Crippen LogP contribution in [0.1, 0.15) is 10.6 Å². The number of pyridine rings is 1.